The van der Waals surface area contributed by atoms with Gasteiger partial charge in [-0.25, -0.2) is 23.8 Å². The van der Waals surface area contributed by atoms with Crippen LogP contribution < -0.4 is 16.1 Å². The number of fused-ring (bicyclic) bond motifs is 1. The smallest absolute Gasteiger partial charge is 0.320 e. The topological polar surface area (TPSA) is 139 Å². The number of amides is 2. The first-order valence-corrected chi connectivity index (χ1v) is 14.6. The molecule has 0 fully saturated rings. The average molecular weight is 646 g/mol. The van der Waals surface area contributed by atoms with Gasteiger partial charge in [-0.15, -0.1) is 0 Å². The number of carbonyl (C=O) groups is 3. The van der Waals surface area contributed by atoms with Crippen molar-refractivity contribution >= 4 is 41.4 Å². The second kappa shape index (κ2) is 18.2. The van der Waals surface area contributed by atoms with Gasteiger partial charge in [0.1, 0.15) is 23.0 Å². The maximum atomic E-state index is 14.5. The monoisotopic (exact) mass is 645 g/mol. The highest BCUT2D eigenvalue weighted by atomic mass is 35.5. The lowest BCUT2D eigenvalue weighted by atomic mass is 9.99. The first-order chi connectivity index (χ1) is 21.6. The first-order valence-electron chi connectivity index (χ1n) is 14.2. The number of aromatic nitrogens is 3. The van der Waals surface area contributed by atoms with Crippen molar-refractivity contribution in [3.05, 3.63) is 87.4 Å². The zero-order valence-electron chi connectivity index (χ0n) is 26.1. The van der Waals surface area contributed by atoms with Crippen molar-refractivity contribution in [2.45, 2.75) is 66.5 Å². The van der Waals surface area contributed by atoms with Crippen molar-refractivity contribution in [3.63, 3.8) is 0 Å². The average Bonchev–Trinajstić information content (AvgIpc) is 3.43. The lowest BCUT2D eigenvalue weighted by molar-refractivity contribution is -0.132. The summed E-state index contributed by atoms with van der Waals surface area (Å²) in [6.07, 6.45) is 6.28. The molecule has 1 unspecified atom stereocenters. The number of hydrogen-bond acceptors (Lipinski definition) is 7. The number of nitrogens with zero attached hydrogens (tertiary/aromatic N) is 4. The summed E-state index contributed by atoms with van der Waals surface area (Å²) in [5, 5.41) is 9.42. The van der Waals surface area contributed by atoms with Crippen LogP contribution in [0.25, 0.3) is 5.65 Å². The molecule has 1 atom stereocenters. The highest BCUT2D eigenvalue weighted by Gasteiger charge is 2.22. The van der Waals surface area contributed by atoms with Crippen LogP contribution in [0.4, 0.5) is 8.78 Å². The van der Waals surface area contributed by atoms with E-state index in [0.29, 0.717) is 30.7 Å². The molecule has 242 valence electrons. The Labute approximate surface area is 265 Å². The summed E-state index contributed by atoms with van der Waals surface area (Å²) >= 11 is 5.81. The van der Waals surface area contributed by atoms with Gasteiger partial charge in [0.05, 0.1) is 17.3 Å². The predicted octanol–water partition coefficient (Wildman–Crippen LogP) is 5.50. The number of carbonyl (C=O) groups excluding carboxylic acids is 3. The van der Waals surface area contributed by atoms with E-state index in [-0.39, 0.29) is 41.1 Å². The van der Waals surface area contributed by atoms with Gasteiger partial charge in [0.25, 0.3) is 11.8 Å². The van der Waals surface area contributed by atoms with Gasteiger partial charge in [-0.2, -0.15) is 5.10 Å². The molecular weight excluding hydrogens is 608 g/mol. The lowest BCUT2D eigenvalue weighted by Gasteiger charge is -2.20. The van der Waals surface area contributed by atoms with Crippen molar-refractivity contribution in [2.75, 3.05) is 7.05 Å². The molecule has 0 saturated carbocycles. The third kappa shape index (κ3) is 10.5. The quantitative estimate of drug-likeness (QED) is 0.0733. The van der Waals surface area contributed by atoms with E-state index in [1.165, 1.54) is 24.3 Å². The Morgan fingerprint density at radius 3 is 2.53 bits per heavy atom. The van der Waals surface area contributed by atoms with E-state index >= 15 is 0 Å². The molecule has 11 nitrogen and oxygen atoms in total. The summed E-state index contributed by atoms with van der Waals surface area (Å²) in [6.45, 7) is 9.92. The molecule has 0 spiro atoms. The standard InChI is InChI=1S/C29H32ClF2N7O4.C2H6/c1-5-18(3)23(10-6-17(2)7-11-26(33-4)38-43-16-40)37-29(42)25-13-24(36-27-22(32)15-35-39(25)27)28(41)34-14-19-8-9-21(31)20(30)12-19;1-2/h5,7-9,12-13,15-16,23H,6,10-11,14H2,1-4H3,(H,33,38)(H,34,41)(H,37,42);1-2H3/b17-7+,18-5+;. The van der Waals surface area contributed by atoms with Gasteiger partial charge in [-0.3, -0.25) is 19.4 Å². The summed E-state index contributed by atoms with van der Waals surface area (Å²) in [4.78, 5) is 49.4. The van der Waals surface area contributed by atoms with Gasteiger partial charge in [-0.1, -0.05) is 54.8 Å². The number of nitrogens with one attached hydrogen (secondary N) is 3. The minimum absolute atomic E-state index is 0.00379. The first kappa shape index (κ1) is 36.5. The summed E-state index contributed by atoms with van der Waals surface area (Å²) in [7, 11) is 1.57. The van der Waals surface area contributed by atoms with Gasteiger partial charge in [-0.05, 0) is 51.3 Å². The molecule has 3 N–H and O–H groups in total. The third-order valence-corrected chi connectivity index (χ3v) is 6.90. The molecule has 2 aromatic heterocycles. The molecule has 0 radical (unpaired) electrons. The van der Waals surface area contributed by atoms with Crippen LogP contribution >= 0.6 is 11.6 Å². The number of halogens is 3. The minimum atomic E-state index is -0.806. The number of hydrogen-bond donors (Lipinski definition) is 3. The van der Waals surface area contributed by atoms with Crippen molar-refractivity contribution in [1.29, 1.82) is 0 Å². The summed E-state index contributed by atoms with van der Waals surface area (Å²) in [5.41, 5.74) is 4.30. The van der Waals surface area contributed by atoms with Crippen molar-refractivity contribution in [1.82, 2.24) is 30.7 Å². The maximum absolute atomic E-state index is 14.5. The molecule has 0 aliphatic heterocycles. The van der Waals surface area contributed by atoms with Crippen LogP contribution in [0.5, 0.6) is 0 Å². The molecule has 0 aliphatic rings. The van der Waals surface area contributed by atoms with Crippen molar-refractivity contribution in [2.24, 2.45) is 4.99 Å². The van der Waals surface area contributed by atoms with Crippen LogP contribution in [0.2, 0.25) is 5.02 Å². The van der Waals surface area contributed by atoms with Gasteiger partial charge in [0.2, 0.25) is 0 Å². The van der Waals surface area contributed by atoms with Crippen LogP contribution in [0.3, 0.4) is 0 Å². The summed E-state index contributed by atoms with van der Waals surface area (Å²) < 4.78 is 29.0. The van der Waals surface area contributed by atoms with Gasteiger partial charge < -0.3 is 15.5 Å². The molecule has 0 bridgehead atoms. The highest BCUT2D eigenvalue weighted by Crippen LogP contribution is 2.18. The molecule has 0 saturated heterocycles. The van der Waals surface area contributed by atoms with Crippen LogP contribution in [0.1, 0.15) is 80.4 Å². The maximum Gasteiger partial charge on any atom is 0.320 e. The van der Waals surface area contributed by atoms with Crippen LogP contribution in [-0.4, -0.2) is 51.8 Å². The molecule has 2 heterocycles. The molecule has 3 aromatic rings. The Morgan fingerprint density at radius 2 is 1.89 bits per heavy atom. The van der Waals surface area contributed by atoms with E-state index in [0.717, 1.165) is 21.9 Å². The van der Waals surface area contributed by atoms with E-state index in [1.807, 2.05) is 46.8 Å². The highest BCUT2D eigenvalue weighted by molar-refractivity contribution is 6.30. The Morgan fingerprint density at radius 1 is 1.16 bits per heavy atom. The second-order valence-corrected chi connectivity index (χ2v) is 9.93. The fourth-order valence-corrected chi connectivity index (χ4v) is 4.20. The van der Waals surface area contributed by atoms with E-state index in [9.17, 15) is 23.2 Å². The molecule has 2 amide bonds. The van der Waals surface area contributed by atoms with Crippen molar-refractivity contribution in [3.8, 4) is 0 Å². The zero-order chi connectivity index (χ0) is 33.5. The molecule has 1 aromatic carbocycles. The Bertz CT molecular complexity index is 1590. The van der Waals surface area contributed by atoms with E-state index in [1.54, 1.807) is 7.05 Å². The number of aliphatic imine (C=N–C) groups is 1. The van der Waals surface area contributed by atoms with E-state index < -0.39 is 23.4 Å². The van der Waals surface area contributed by atoms with Gasteiger partial charge in [0, 0.05) is 26.1 Å². The fraction of sp³-hybridized carbons (Fsp3) is 0.355. The minimum Gasteiger partial charge on any atom is -0.347 e. The fourth-order valence-electron chi connectivity index (χ4n) is 4.00. The predicted molar refractivity (Wildman–Crippen MR) is 169 cm³/mol. The number of amidine groups is 1. The van der Waals surface area contributed by atoms with Crippen molar-refractivity contribution < 1.29 is 28.0 Å². The third-order valence-electron chi connectivity index (χ3n) is 6.61. The number of allylic oxidation sites excluding steroid dienone is 2. The lowest BCUT2D eigenvalue weighted by Crippen LogP contribution is -2.37. The SMILES string of the molecule is C/C=C(\C)C(CC/C(C)=C/CC(=NC)NOC=O)NC(=O)c1cc(C(=O)NCc2ccc(F)c(Cl)c2)nc2c(F)cnn12.CC. The Kier molecular flexibility index (Phi) is 14.8. The van der Waals surface area contributed by atoms with E-state index in [4.69, 9.17) is 11.6 Å². The van der Waals surface area contributed by atoms with E-state index in [2.05, 4.69) is 36.0 Å². The van der Waals surface area contributed by atoms with Crippen LogP contribution in [-0.2, 0) is 16.2 Å². The molecule has 14 heteroatoms. The summed E-state index contributed by atoms with van der Waals surface area (Å²) in [6, 6.07) is 4.86. The molecule has 3 rings (SSSR count). The summed E-state index contributed by atoms with van der Waals surface area (Å²) in [5.74, 6) is -2.19. The number of hydroxylamine groups is 1. The molecule has 0 aliphatic carbocycles. The van der Waals surface area contributed by atoms with Gasteiger partial charge in [0.15, 0.2) is 11.5 Å². The van der Waals surface area contributed by atoms with Crippen LogP contribution in [0.15, 0.2) is 58.8 Å². The van der Waals surface area contributed by atoms with Crippen LogP contribution in [0, 0.1) is 11.6 Å². The Hall–Kier alpha value is -4.65. The largest absolute Gasteiger partial charge is 0.347 e. The second-order valence-electron chi connectivity index (χ2n) is 9.52. The molecular formula is C31H38ClF2N7O4. The Balaban J connectivity index is 0.00000345. The molecule has 45 heavy (non-hydrogen) atoms. The normalized spacial score (nSPS) is 12.6. The number of rotatable bonds is 13. The van der Waals surface area contributed by atoms with Gasteiger partial charge >= 0.3 is 6.47 Å². The number of benzene rings is 1. The zero-order valence-corrected chi connectivity index (χ0v) is 26.8.